The van der Waals surface area contributed by atoms with Crippen LogP contribution in [0, 0.1) is 11.3 Å². The van der Waals surface area contributed by atoms with Crippen molar-refractivity contribution in [3.05, 3.63) is 47.5 Å². The predicted octanol–water partition coefficient (Wildman–Crippen LogP) is 2.21. The van der Waals surface area contributed by atoms with E-state index in [4.69, 9.17) is 5.11 Å². The fourth-order valence-corrected chi connectivity index (χ4v) is 3.38. The van der Waals surface area contributed by atoms with Crippen LogP contribution in [0.5, 0.6) is 0 Å². The molecule has 0 radical (unpaired) electrons. The maximum atomic E-state index is 12.1. The summed E-state index contributed by atoms with van der Waals surface area (Å²) in [7, 11) is 0. The molecule has 28 heavy (non-hydrogen) atoms. The molecule has 1 heterocycles. The van der Waals surface area contributed by atoms with Gasteiger partial charge in [0.1, 0.15) is 11.6 Å². The Balaban J connectivity index is 1.78. The Hall–Kier alpha value is -2.88. The average Bonchev–Trinajstić information content (AvgIpc) is 2.75. The van der Waals surface area contributed by atoms with Gasteiger partial charge in [-0.1, -0.05) is 18.2 Å². The summed E-state index contributed by atoms with van der Waals surface area (Å²) in [6.07, 6.45) is 4.25. The Morgan fingerprint density at radius 1 is 1.18 bits per heavy atom. The second-order valence-corrected chi connectivity index (χ2v) is 7.05. The van der Waals surface area contributed by atoms with Gasteiger partial charge >= 0.3 is 0 Å². The van der Waals surface area contributed by atoms with E-state index in [0.717, 1.165) is 29.4 Å². The van der Waals surface area contributed by atoms with Crippen LogP contribution in [-0.2, 0) is 4.79 Å². The lowest BCUT2D eigenvalue weighted by molar-refractivity contribution is -0.117. The van der Waals surface area contributed by atoms with E-state index in [0.29, 0.717) is 0 Å². The smallest absolute Gasteiger partial charge is 0.262 e. The number of carbonyl (C=O) groups is 1. The van der Waals surface area contributed by atoms with Crippen molar-refractivity contribution in [1.29, 1.82) is 5.26 Å². The fourth-order valence-electron chi connectivity index (χ4n) is 3.38. The third kappa shape index (κ3) is 4.89. The molecule has 0 aliphatic carbocycles. The number of amides is 1. The van der Waals surface area contributed by atoms with Crippen LogP contribution >= 0.6 is 0 Å². The van der Waals surface area contributed by atoms with Gasteiger partial charge in [0.25, 0.3) is 5.91 Å². The van der Waals surface area contributed by atoms with Crippen LogP contribution in [0.1, 0.15) is 24.8 Å². The first-order valence-electron chi connectivity index (χ1n) is 9.58. The van der Waals surface area contributed by atoms with Crippen molar-refractivity contribution >= 4 is 28.4 Å². The molecule has 1 fully saturated rings. The topological polar surface area (TPSA) is 96.6 Å². The number of hydrogen-bond donors (Lipinski definition) is 3. The lowest BCUT2D eigenvalue weighted by atomic mass is 10.0. The number of anilines is 1. The zero-order valence-corrected chi connectivity index (χ0v) is 15.8. The number of rotatable bonds is 6. The molecule has 0 saturated carbocycles. The van der Waals surface area contributed by atoms with Crippen molar-refractivity contribution in [2.24, 2.45) is 0 Å². The molecule has 1 atom stereocenters. The number of nitriles is 1. The molecule has 3 rings (SSSR count). The standard InChI is InChI=1S/C22H25N3O3/c23-13-19(22(28)24-14-21(27)15-26)11-16-4-5-18-12-20(7-6-17(18)10-16)25-8-2-1-3-9-25/h4-7,10-12,21,26-27H,1-3,8-9,14-15H2,(H,24,28)/b19-11+. The summed E-state index contributed by atoms with van der Waals surface area (Å²) in [5.41, 5.74) is 1.94. The highest BCUT2D eigenvalue weighted by molar-refractivity contribution is 6.02. The monoisotopic (exact) mass is 379 g/mol. The van der Waals surface area contributed by atoms with Crippen molar-refractivity contribution in [3.8, 4) is 6.07 Å². The largest absolute Gasteiger partial charge is 0.394 e. The number of aliphatic hydroxyl groups excluding tert-OH is 2. The Morgan fingerprint density at radius 2 is 1.89 bits per heavy atom. The van der Waals surface area contributed by atoms with Gasteiger partial charge in [-0.3, -0.25) is 4.79 Å². The molecule has 6 nitrogen and oxygen atoms in total. The summed E-state index contributed by atoms with van der Waals surface area (Å²) in [5.74, 6) is -0.574. The number of fused-ring (bicyclic) bond motifs is 1. The minimum Gasteiger partial charge on any atom is -0.394 e. The molecule has 1 amide bonds. The molecule has 1 aliphatic heterocycles. The zero-order valence-electron chi connectivity index (χ0n) is 15.8. The Bertz CT molecular complexity index is 911. The third-order valence-corrected chi connectivity index (χ3v) is 4.95. The number of nitrogens with one attached hydrogen (secondary N) is 1. The van der Waals surface area contributed by atoms with Crippen LogP contribution in [0.4, 0.5) is 5.69 Å². The van der Waals surface area contributed by atoms with Gasteiger partial charge in [0.15, 0.2) is 0 Å². The molecular formula is C22H25N3O3. The highest BCUT2D eigenvalue weighted by Gasteiger charge is 2.13. The average molecular weight is 379 g/mol. The van der Waals surface area contributed by atoms with Crippen molar-refractivity contribution in [2.75, 3.05) is 31.1 Å². The number of benzene rings is 2. The summed E-state index contributed by atoms with van der Waals surface area (Å²) < 4.78 is 0. The summed E-state index contributed by atoms with van der Waals surface area (Å²) in [4.78, 5) is 14.5. The molecule has 0 spiro atoms. The summed E-state index contributed by atoms with van der Waals surface area (Å²) in [6.45, 7) is 1.64. The van der Waals surface area contributed by atoms with E-state index in [9.17, 15) is 15.2 Å². The lowest BCUT2D eigenvalue weighted by Crippen LogP contribution is -2.34. The van der Waals surface area contributed by atoms with Crippen LogP contribution in [0.2, 0.25) is 0 Å². The van der Waals surface area contributed by atoms with Crippen molar-refractivity contribution in [1.82, 2.24) is 5.32 Å². The molecule has 3 N–H and O–H groups in total. The molecule has 2 aromatic rings. The number of carbonyl (C=O) groups excluding carboxylic acids is 1. The fraction of sp³-hybridized carbons (Fsp3) is 0.364. The van der Waals surface area contributed by atoms with Gasteiger partial charge in [-0.05, 0) is 59.9 Å². The van der Waals surface area contributed by atoms with Crippen LogP contribution in [0.15, 0.2) is 42.0 Å². The minimum absolute atomic E-state index is 0.0468. The Labute approximate surface area is 164 Å². The van der Waals surface area contributed by atoms with Crippen LogP contribution in [-0.4, -0.2) is 48.5 Å². The molecule has 1 unspecified atom stereocenters. The van der Waals surface area contributed by atoms with E-state index >= 15 is 0 Å². The molecule has 1 saturated heterocycles. The molecule has 2 aromatic carbocycles. The highest BCUT2D eigenvalue weighted by atomic mass is 16.3. The molecule has 0 bridgehead atoms. The van der Waals surface area contributed by atoms with Crippen molar-refractivity contribution < 1.29 is 15.0 Å². The number of nitrogens with zero attached hydrogens (tertiary/aromatic N) is 2. The van der Waals surface area contributed by atoms with Gasteiger partial charge in [0.05, 0.1) is 12.7 Å². The molecule has 0 aromatic heterocycles. The molecule has 1 aliphatic rings. The Morgan fingerprint density at radius 3 is 2.61 bits per heavy atom. The maximum absolute atomic E-state index is 12.1. The number of aliphatic hydroxyl groups is 2. The van der Waals surface area contributed by atoms with Crippen molar-refractivity contribution in [2.45, 2.75) is 25.4 Å². The molecule has 6 heteroatoms. The lowest BCUT2D eigenvalue weighted by Gasteiger charge is -2.29. The van der Waals surface area contributed by atoms with Gasteiger partial charge < -0.3 is 20.4 Å². The summed E-state index contributed by atoms with van der Waals surface area (Å²) in [5, 5.41) is 32.0. The number of hydrogen-bond acceptors (Lipinski definition) is 5. The van der Waals surface area contributed by atoms with E-state index in [-0.39, 0.29) is 12.1 Å². The van der Waals surface area contributed by atoms with E-state index < -0.39 is 18.6 Å². The maximum Gasteiger partial charge on any atom is 0.262 e. The first kappa shape index (κ1) is 19.9. The van der Waals surface area contributed by atoms with Crippen molar-refractivity contribution in [3.63, 3.8) is 0 Å². The number of piperidine rings is 1. The third-order valence-electron chi connectivity index (χ3n) is 4.95. The van der Waals surface area contributed by atoms with E-state index in [2.05, 4.69) is 28.4 Å². The van der Waals surface area contributed by atoms with Crippen LogP contribution in [0.25, 0.3) is 16.8 Å². The molecular weight excluding hydrogens is 354 g/mol. The normalized spacial score (nSPS) is 15.9. The first-order chi connectivity index (χ1) is 13.6. The second kappa shape index (κ2) is 9.36. The predicted molar refractivity (Wildman–Crippen MR) is 110 cm³/mol. The SMILES string of the molecule is N#C/C(=C\c1ccc2cc(N3CCCCC3)ccc2c1)C(=O)NCC(O)CO. The van der Waals surface area contributed by atoms with Gasteiger partial charge in [-0.15, -0.1) is 0 Å². The van der Waals surface area contributed by atoms with Crippen LogP contribution in [0.3, 0.4) is 0 Å². The van der Waals surface area contributed by atoms with E-state index in [1.165, 1.54) is 31.0 Å². The van der Waals surface area contributed by atoms with E-state index in [1.54, 1.807) is 0 Å². The van der Waals surface area contributed by atoms with E-state index in [1.807, 2.05) is 24.3 Å². The quantitative estimate of drug-likeness (QED) is 0.528. The summed E-state index contributed by atoms with van der Waals surface area (Å²) >= 11 is 0. The zero-order chi connectivity index (χ0) is 19.9. The highest BCUT2D eigenvalue weighted by Crippen LogP contribution is 2.26. The minimum atomic E-state index is -1.04. The second-order valence-electron chi connectivity index (χ2n) is 7.05. The van der Waals surface area contributed by atoms with Gasteiger partial charge in [0.2, 0.25) is 0 Å². The van der Waals surface area contributed by atoms with Gasteiger partial charge in [0, 0.05) is 25.3 Å². The van der Waals surface area contributed by atoms with Gasteiger partial charge in [-0.2, -0.15) is 5.26 Å². The summed E-state index contributed by atoms with van der Waals surface area (Å²) in [6, 6.07) is 14.1. The first-order valence-corrected chi connectivity index (χ1v) is 9.58. The molecule has 146 valence electrons. The van der Waals surface area contributed by atoms with Gasteiger partial charge in [-0.25, -0.2) is 0 Å². The van der Waals surface area contributed by atoms with Crippen LogP contribution < -0.4 is 10.2 Å². The Kier molecular flexibility index (Phi) is 6.64.